The number of thiocarbonyl (C=S) groups is 1. The van der Waals surface area contributed by atoms with E-state index in [1.54, 1.807) is 24.3 Å². The topological polar surface area (TPSA) is 73.6 Å². The standard InChI is InChI=1S/C13H16N2O3S/c14-13(19)9-1-3-10(4-2-9)15-12(16)5-6-18-11-7-17-8-11/h1-4,11H,5-8H2,(H2,14,19)(H,15,16). The third-order valence-electron chi connectivity index (χ3n) is 2.74. The van der Waals surface area contributed by atoms with Gasteiger partial charge in [-0.2, -0.15) is 0 Å². The maximum absolute atomic E-state index is 11.6. The predicted molar refractivity (Wildman–Crippen MR) is 76.1 cm³/mol. The van der Waals surface area contributed by atoms with Gasteiger partial charge in [0.15, 0.2) is 0 Å². The smallest absolute Gasteiger partial charge is 0.226 e. The highest BCUT2D eigenvalue weighted by Gasteiger charge is 2.18. The molecule has 0 bridgehead atoms. The second-order valence-electron chi connectivity index (χ2n) is 4.27. The molecule has 1 aromatic rings. The minimum Gasteiger partial charge on any atom is -0.389 e. The third kappa shape index (κ3) is 4.27. The van der Waals surface area contributed by atoms with E-state index in [9.17, 15) is 4.79 Å². The second-order valence-corrected chi connectivity index (χ2v) is 4.71. The van der Waals surface area contributed by atoms with Crippen LogP contribution in [0.25, 0.3) is 0 Å². The molecule has 5 nitrogen and oxygen atoms in total. The van der Waals surface area contributed by atoms with E-state index in [1.165, 1.54) is 0 Å². The number of hydrogen-bond donors (Lipinski definition) is 2. The molecule has 0 saturated carbocycles. The minimum absolute atomic E-state index is 0.0803. The Hall–Kier alpha value is -1.50. The van der Waals surface area contributed by atoms with Gasteiger partial charge in [-0.1, -0.05) is 12.2 Å². The van der Waals surface area contributed by atoms with Crippen LogP contribution in [0, 0.1) is 0 Å². The molecule has 0 atom stereocenters. The fourth-order valence-electron chi connectivity index (χ4n) is 1.57. The molecule has 0 aromatic heterocycles. The lowest BCUT2D eigenvalue weighted by molar-refractivity contribution is -0.135. The zero-order valence-electron chi connectivity index (χ0n) is 10.4. The third-order valence-corrected chi connectivity index (χ3v) is 2.98. The first kappa shape index (κ1) is 13.9. The summed E-state index contributed by atoms with van der Waals surface area (Å²) < 4.78 is 10.4. The molecule has 0 spiro atoms. The van der Waals surface area contributed by atoms with E-state index >= 15 is 0 Å². The van der Waals surface area contributed by atoms with Crippen LogP contribution in [-0.4, -0.2) is 36.8 Å². The van der Waals surface area contributed by atoms with E-state index < -0.39 is 0 Å². The number of nitrogens with one attached hydrogen (secondary N) is 1. The number of carbonyl (C=O) groups is 1. The number of rotatable bonds is 6. The second kappa shape index (κ2) is 6.60. The summed E-state index contributed by atoms with van der Waals surface area (Å²) in [4.78, 5) is 12.0. The van der Waals surface area contributed by atoms with Crippen LogP contribution >= 0.6 is 12.2 Å². The van der Waals surface area contributed by atoms with E-state index in [0.29, 0.717) is 31.2 Å². The van der Waals surface area contributed by atoms with Gasteiger partial charge >= 0.3 is 0 Å². The van der Waals surface area contributed by atoms with Crippen LogP contribution in [0.15, 0.2) is 24.3 Å². The monoisotopic (exact) mass is 280 g/mol. The fraction of sp³-hybridized carbons (Fsp3) is 0.385. The summed E-state index contributed by atoms with van der Waals surface area (Å²) in [5.41, 5.74) is 6.99. The fourth-order valence-corrected chi connectivity index (χ4v) is 1.71. The van der Waals surface area contributed by atoms with E-state index in [4.69, 9.17) is 27.4 Å². The van der Waals surface area contributed by atoms with Crippen molar-refractivity contribution in [2.75, 3.05) is 25.1 Å². The molecule has 0 unspecified atom stereocenters. The van der Waals surface area contributed by atoms with Crippen LogP contribution in [-0.2, 0) is 14.3 Å². The van der Waals surface area contributed by atoms with E-state index in [-0.39, 0.29) is 12.0 Å². The Morgan fingerprint density at radius 1 is 1.42 bits per heavy atom. The number of hydrogen-bond acceptors (Lipinski definition) is 4. The first-order valence-electron chi connectivity index (χ1n) is 6.04. The predicted octanol–water partition coefficient (Wildman–Crippen LogP) is 1.06. The molecule has 1 heterocycles. The van der Waals surface area contributed by atoms with Gasteiger partial charge in [-0.05, 0) is 24.3 Å². The average molecular weight is 280 g/mol. The van der Waals surface area contributed by atoms with E-state index in [0.717, 1.165) is 11.3 Å². The van der Waals surface area contributed by atoms with Crippen LogP contribution < -0.4 is 11.1 Å². The van der Waals surface area contributed by atoms with Gasteiger partial charge < -0.3 is 20.5 Å². The Balaban J connectivity index is 1.73. The zero-order valence-corrected chi connectivity index (χ0v) is 11.2. The first-order chi connectivity index (χ1) is 9.15. The van der Waals surface area contributed by atoms with Crippen LogP contribution in [0.2, 0.25) is 0 Å². The zero-order chi connectivity index (χ0) is 13.7. The maximum atomic E-state index is 11.6. The quantitative estimate of drug-likeness (QED) is 0.762. The molecule has 1 aliphatic rings. The van der Waals surface area contributed by atoms with Crippen molar-refractivity contribution in [1.82, 2.24) is 0 Å². The van der Waals surface area contributed by atoms with Crippen molar-refractivity contribution in [3.8, 4) is 0 Å². The molecule has 19 heavy (non-hydrogen) atoms. The maximum Gasteiger partial charge on any atom is 0.226 e. The minimum atomic E-state index is -0.0803. The largest absolute Gasteiger partial charge is 0.389 e. The molecule has 0 radical (unpaired) electrons. The van der Waals surface area contributed by atoms with Gasteiger partial charge in [0.05, 0.1) is 26.2 Å². The number of ether oxygens (including phenoxy) is 2. The SMILES string of the molecule is NC(=S)c1ccc(NC(=O)CCOC2COC2)cc1. The first-order valence-corrected chi connectivity index (χ1v) is 6.45. The van der Waals surface area contributed by atoms with Gasteiger partial charge in [0.1, 0.15) is 11.1 Å². The normalized spacial score (nSPS) is 14.7. The molecule has 3 N–H and O–H groups in total. The molecule has 1 fully saturated rings. The number of benzene rings is 1. The number of nitrogens with two attached hydrogens (primary N) is 1. The van der Waals surface area contributed by atoms with Crippen LogP contribution in [0.1, 0.15) is 12.0 Å². The number of anilines is 1. The lowest BCUT2D eigenvalue weighted by Crippen LogP contribution is -2.36. The summed E-state index contributed by atoms with van der Waals surface area (Å²) in [7, 11) is 0. The van der Waals surface area contributed by atoms with Crippen molar-refractivity contribution in [3.63, 3.8) is 0 Å². The highest BCUT2D eigenvalue weighted by molar-refractivity contribution is 7.80. The molecule has 0 aliphatic carbocycles. The Morgan fingerprint density at radius 2 is 2.11 bits per heavy atom. The molecule has 1 aliphatic heterocycles. The summed E-state index contributed by atoms with van der Waals surface area (Å²) in [5, 5.41) is 2.78. The van der Waals surface area contributed by atoms with Crippen molar-refractivity contribution in [3.05, 3.63) is 29.8 Å². The Labute approximate surface area is 117 Å². The molecule has 6 heteroatoms. The molecule has 2 rings (SSSR count). The lowest BCUT2D eigenvalue weighted by Gasteiger charge is -2.25. The van der Waals surface area contributed by atoms with Gasteiger partial charge in [-0.15, -0.1) is 0 Å². The van der Waals surface area contributed by atoms with Gasteiger partial charge in [0, 0.05) is 11.3 Å². The Bertz CT molecular complexity index is 457. The van der Waals surface area contributed by atoms with Crippen molar-refractivity contribution in [1.29, 1.82) is 0 Å². The molecule has 1 aromatic carbocycles. The van der Waals surface area contributed by atoms with E-state index in [1.807, 2.05) is 0 Å². The van der Waals surface area contributed by atoms with Crippen molar-refractivity contribution < 1.29 is 14.3 Å². The summed E-state index contributed by atoms with van der Waals surface area (Å²) in [6, 6.07) is 7.10. The summed E-state index contributed by atoms with van der Waals surface area (Å²) in [6.45, 7) is 1.66. The van der Waals surface area contributed by atoms with Gasteiger partial charge in [0.2, 0.25) is 5.91 Å². The lowest BCUT2D eigenvalue weighted by atomic mass is 10.2. The Kier molecular flexibility index (Phi) is 4.84. The van der Waals surface area contributed by atoms with Crippen molar-refractivity contribution >= 4 is 28.8 Å². The van der Waals surface area contributed by atoms with Crippen molar-refractivity contribution in [2.45, 2.75) is 12.5 Å². The van der Waals surface area contributed by atoms with Crippen LogP contribution in [0.5, 0.6) is 0 Å². The molecular weight excluding hydrogens is 264 g/mol. The van der Waals surface area contributed by atoms with Gasteiger partial charge in [0.25, 0.3) is 0 Å². The Morgan fingerprint density at radius 3 is 2.63 bits per heavy atom. The molecule has 102 valence electrons. The summed E-state index contributed by atoms with van der Waals surface area (Å²) in [6.07, 6.45) is 0.478. The van der Waals surface area contributed by atoms with E-state index in [2.05, 4.69) is 5.32 Å². The van der Waals surface area contributed by atoms with Gasteiger partial charge in [-0.25, -0.2) is 0 Å². The summed E-state index contributed by atoms with van der Waals surface area (Å²) in [5.74, 6) is -0.0803. The number of amides is 1. The van der Waals surface area contributed by atoms with Crippen LogP contribution in [0.4, 0.5) is 5.69 Å². The molecular formula is C13H16N2O3S. The van der Waals surface area contributed by atoms with Crippen LogP contribution in [0.3, 0.4) is 0 Å². The summed E-state index contributed by atoms with van der Waals surface area (Å²) >= 11 is 4.86. The molecule has 1 saturated heterocycles. The van der Waals surface area contributed by atoms with Gasteiger partial charge in [-0.3, -0.25) is 4.79 Å². The average Bonchev–Trinajstić information content (AvgIpc) is 2.33. The highest BCUT2D eigenvalue weighted by Crippen LogP contribution is 2.10. The number of carbonyl (C=O) groups excluding carboxylic acids is 1. The highest BCUT2D eigenvalue weighted by atomic mass is 32.1. The van der Waals surface area contributed by atoms with Crippen molar-refractivity contribution in [2.24, 2.45) is 5.73 Å². The molecule has 1 amide bonds.